The van der Waals surface area contributed by atoms with Crippen LogP contribution in [-0.4, -0.2) is 23.7 Å². The fraction of sp³-hybridized carbons (Fsp3) is 0.800. The highest BCUT2D eigenvalue weighted by molar-refractivity contribution is 7.94. The minimum absolute atomic E-state index is 0.223. The lowest BCUT2D eigenvalue weighted by molar-refractivity contribution is -0.110. The summed E-state index contributed by atoms with van der Waals surface area (Å²) < 4.78 is 2.00. The third kappa shape index (κ3) is 1.67. The van der Waals surface area contributed by atoms with Crippen molar-refractivity contribution in [1.82, 2.24) is 4.31 Å². The number of nitrogens with two attached hydrogens (primary N) is 1. The van der Waals surface area contributed by atoms with Crippen LogP contribution in [0.5, 0.6) is 0 Å². The summed E-state index contributed by atoms with van der Waals surface area (Å²) in [5.74, 6) is 0.223. The average Bonchev–Trinajstić information content (AvgIpc) is 2.34. The molecule has 0 aromatic rings. The van der Waals surface area contributed by atoms with Gasteiger partial charge >= 0.3 is 0 Å². The van der Waals surface area contributed by atoms with Crippen LogP contribution in [0.15, 0.2) is 0 Å². The lowest BCUT2D eigenvalue weighted by Gasteiger charge is -2.07. The highest BCUT2D eigenvalue weighted by atomic mass is 32.2. The van der Waals surface area contributed by atoms with Crippen LogP contribution in [0.1, 0.15) is 6.42 Å². The van der Waals surface area contributed by atoms with E-state index in [0.29, 0.717) is 0 Å². The number of nitrogens with zero attached hydrogens (tertiary/aromatic N) is 1. The Morgan fingerprint density at radius 2 is 2.56 bits per heavy atom. The first-order valence-corrected chi connectivity index (χ1v) is 3.77. The average molecular weight is 146 g/mol. The Balaban J connectivity index is 2.28. The zero-order chi connectivity index (χ0) is 6.69. The number of aldehydes is 1. The molecule has 1 fully saturated rings. The van der Waals surface area contributed by atoms with Crippen molar-refractivity contribution < 1.29 is 4.79 Å². The van der Waals surface area contributed by atoms with Crippen LogP contribution in [0.2, 0.25) is 0 Å². The van der Waals surface area contributed by atoms with Crippen molar-refractivity contribution in [3.05, 3.63) is 0 Å². The van der Waals surface area contributed by atoms with Gasteiger partial charge in [-0.15, -0.1) is 0 Å². The highest BCUT2D eigenvalue weighted by Crippen LogP contribution is 2.17. The van der Waals surface area contributed by atoms with Crippen molar-refractivity contribution in [1.29, 1.82) is 0 Å². The van der Waals surface area contributed by atoms with E-state index in [0.717, 1.165) is 25.8 Å². The van der Waals surface area contributed by atoms with Gasteiger partial charge in [0.1, 0.15) is 6.29 Å². The van der Waals surface area contributed by atoms with Crippen LogP contribution >= 0.6 is 12.1 Å². The molecule has 1 aliphatic heterocycles. The van der Waals surface area contributed by atoms with Gasteiger partial charge in [0.25, 0.3) is 0 Å². The molecule has 0 aromatic heterocycles. The summed E-state index contributed by atoms with van der Waals surface area (Å²) in [5.41, 5.74) is 0. The zero-order valence-electron chi connectivity index (χ0n) is 5.12. The second-order valence-electron chi connectivity index (χ2n) is 2.18. The molecule has 52 valence electrons. The monoisotopic (exact) mass is 146 g/mol. The Morgan fingerprint density at radius 1 is 1.78 bits per heavy atom. The summed E-state index contributed by atoms with van der Waals surface area (Å²) in [4.78, 5) is 10.2. The fourth-order valence-electron chi connectivity index (χ4n) is 0.961. The van der Waals surface area contributed by atoms with Gasteiger partial charge in [0.2, 0.25) is 0 Å². The molecule has 1 saturated heterocycles. The molecule has 1 rings (SSSR count). The molecule has 4 heteroatoms. The Hall–Kier alpha value is -0.0600. The lowest BCUT2D eigenvalue weighted by Crippen LogP contribution is -2.14. The first-order chi connectivity index (χ1) is 4.36. The third-order valence-corrected chi connectivity index (χ3v) is 2.16. The Labute approximate surface area is 58.8 Å². The molecule has 0 aromatic carbocycles. The normalized spacial score (nSPS) is 28.8. The van der Waals surface area contributed by atoms with E-state index in [9.17, 15) is 4.79 Å². The maximum absolute atomic E-state index is 10.2. The van der Waals surface area contributed by atoms with E-state index >= 15 is 0 Å². The summed E-state index contributed by atoms with van der Waals surface area (Å²) in [6, 6.07) is 0. The largest absolute Gasteiger partial charge is 0.303 e. The van der Waals surface area contributed by atoms with Gasteiger partial charge in [-0.1, -0.05) is 0 Å². The Kier molecular flexibility index (Phi) is 2.50. The van der Waals surface area contributed by atoms with E-state index in [1.807, 2.05) is 4.31 Å². The predicted molar refractivity (Wildman–Crippen MR) is 37.5 cm³/mol. The summed E-state index contributed by atoms with van der Waals surface area (Å²) >= 11 is 1.23. The molecule has 2 N–H and O–H groups in total. The first-order valence-electron chi connectivity index (χ1n) is 2.94. The molecule has 0 bridgehead atoms. The molecule has 1 aliphatic rings. The quantitative estimate of drug-likeness (QED) is 0.441. The van der Waals surface area contributed by atoms with Crippen molar-refractivity contribution in [2.75, 3.05) is 13.1 Å². The standard InChI is InChI=1S/C5H10N2OS/c6-9-7-2-1-5(3-7)4-8/h4-5H,1-3,6H2. The molecule has 1 unspecified atom stereocenters. The molecule has 3 nitrogen and oxygen atoms in total. The van der Waals surface area contributed by atoms with Crippen LogP contribution in [0.3, 0.4) is 0 Å². The summed E-state index contributed by atoms with van der Waals surface area (Å²) in [5, 5.41) is 5.28. The van der Waals surface area contributed by atoms with Crippen LogP contribution in [0, 0.1) is 5.92 Å². The number of carbonyl (C=O) groups is 1. The molecule has 0 aliphatic carbocycles. The molecule has 0 saturated carbocycles. The summed E-state index contributed by atoms with van der Waals surface area (Å²) in [6.07, 6.45) is 1.98. The van der Waals surface area contributed by atoms with Gasteiger partial charge in [0.15, 0.2) is 0 Å². The second kappa shape index (κ2) is 3.20. The van der Waals surface area contributed by atoms with Gasteiger partial charge in [-0.25, -0.2) is 4.31 Å². The Morgan fingerprint density at radius 3 is 2.89 bits per heavy atom. The van der Waals surface area contributed by atoms with Gasteiger partial charge in [-0.05, 0) is 6.42 Å². The van der Waals surface area contributed by atoms with E-state index in [4.69, 9.17) is 5.14 Å². The molecular weight excluding hydrogens is 136 g/mol. The maximum atomic E-state index is 10.2. The minimum atomic E-state index is 0.223. The van der Waals surface area contributed by atoms with Crippen LogP contribution in [0.25, 0.3) is 0 Å². The number of rotatable bonds is 2. The molecule has 9 heavy (non-hydrogen) atoms. The topological polar surface area (TPSA) is 46.3 Å². The van der Waals surface area contributed by atoms with E-state index < -0.39 is 0 Å². The van der Waals surface area contributed by atoms with E-state index in [-0.39, 0.29) is 5.92 Å². The van der Waals surface area contributed by atoms with Crippen LogP contribution < -0.4 is 5.14 Å². The summed E-state index contributed by atoms with van der Waals surface area (Å²) in [6.45, 7) is 1.77. The molecule has 1 atom stereocenters. The SMILES string of the molecule is NSN1CCC(C=O)C1. The third-order valence-electron chi connectivity index (χ3n) is 1.53. The van der Waals surface area contributed by atoms with Gasteiger partial charge in [-0.3, -0.25) is 5.14 Å². The molecule has 1 heterocycles. The van der Waals surface area contributed by atoms with Gasteiger partial charge < -0.3 is 4.79 Å². The van der Waals surface area contributed by atoms with Crippen molar-refractivity contribution >= 4 is 18.4 Å². The fourth-order valence-corrected chi connectivity index (χ4v) is 1.45. The van der Waals surface area contributed by atoms with E-state index in [1.165, 1.54) is 12.1 Å². The molecule has 0 spiro atoms. The highest BCUT2D eigenvalue weighted by Gasteiger charge is 2.20. The number of hydrogen-bond donors (Lipinski definition) is 1. The van der Waals surface area contributed by atoms with Crippen molar-refractivity contribution in [2.45, 2.75) is 6.42 Å². The lowest BCUT2D eigenvalue weighted by atomic mass is 10.2. The van der Waals surface area contributed by atoms with E-state index in [1.54, 1.807) is 0 Å². The summed E-state index contributed by atoms with van der Waals surface area (Å²) in [7, 11) is 0. The van der Waals surface area contributed by atoms with Gasteiger partial charge in [-0.2, -0.15) is 0 Å². The predicted octanol–water partition coefficient (Wildman–Crippen LogP) is 0.0291. The van der Waals surface area contributed by atoms with Gasteiger partial charge in [0, 0.05) is 31.1 Å². The smallest absolute Gasteiger partial charge is 0.124 e. The van der Waals surface area contributed by atoms with Gasteiger partial charge in [0.05, 0.1) is 0 Å². The second-order valence-corrected chi connectivity index (χ2v) is 2.91. The number of carbonyl (C=O) groups excluding carboxylic acids is 1. The maximum Gasteiger partial charge on any atom is 0.124 e. The van der Waals surface area contributed by atoms with E-state index in [2.05, 4.69) is 0 Å². The molecule has 0 amide bonds. The zero-order valence-corrected chi connectivity index (χ0v) is 5.93. The number of hydrogen-bond acceptors (Lipinski definition) is 4. The van der Waals surface area contributed by atoms with Crippen molar-refractivity contribution in [2.24, 2.45) is 11.1 Å². The molecular formula is C5H10N2OS. The minimum Gasteiger partial charge on any atom is -0.303 e. The van der Waals surface area contributed by atoms with Crippen molar-refractivity contribution in [3.63, 3.8) is 0 Å². The van der Waals surface area contributed by atoms with Crippen LogP contribution in [0.4, 0.5) is 0 Å². The van der Waals surface area contributed by atoms with Crippen molar-refractivity contribution in [3.8, 4) is 0 Å². The first kappa shape index (κ1) is 7.05. The Bertz CT molecular complexity index is 109. The van der Waals surface area contributed by atoms with Crippen LogP contribution in [-0.2, 0) is 4.79 Å². The molecule has 0 radical (unpaired) electrons.